The summed E-state index contributed by atoms with van der Waals surface area (Å²) in [7, 11) is 3.72. The number of nitrogens with one attached hydrogen (secondary N) is 2. The number of aromatic nitrogens is 2. The maximum Gasteiger partial charge on any atom is 0.247 e. The molecule has 2 saturated heterocycles. The average Bonchev–Trinajstić information content (AvgIpc) is 3.44. The summed E-state index contributed by atoms with van der Waals surface area (Å²) in [5.74, 6) is 1.49. The molecule has 39 heavy (non-hydrogen) atoms. The third-order valence-electron chi connectivity index (χ3n) is 6.88. The Kier molecular flexibility index (Phi) is 8.16. The lowest BCUT2D eigenvalue weighted by Gasteiger charge is -2.35. The standard InChI is InChI=1S/C28H32ClN7O3/c1-4-28(37)33-21-15-22(25(38-3)16-24(21)35-11-9-34(2)10-12-35)32-26-17-27(31-18-30-26)36-23(8-13-39-36)19-6-5-7-20(29)14-19/h4-7,14-18,23H,1,8-13H2,2-3H3,(H,33,37)(H,30,31,32)/t23-/m1/s1. The van der Waals surface area contributed by atoms with Crippen molar-refractivity contribution in [2.24, 2.45) is 0 Å². The van der Waals surface area contributed by atoms with E-state index in [9.17, 15) is 4.79 Å². The molecule has 0 radical (unpaired) electrons. The van der Waals surface area contributed by atoms with E-state index in [2.05, 4.69) is 44.0 Å². The van der Waals surface area contributed by atoms with Crippen molar-refractivity contribution >= 4 is 46.2 Å². The molecule has 0 bridgehead atoms. The van der Waals surface area contributed by atoms with Crippen molar-refractivity contribution in [3.8, 4) is 5.75 Å². The van der Waals surface area contributed by atoms with Gasteiger partial charge in [-0.25, -0.2) is 15.0 Å². The first-order valence-corrected chi connectivity index (χ1v) is 13.2. The Bertz CT molecular complexity index is 1350. The summed E-state index contributed by atoms with van der Waals surface area (Å²) in [5.41, 5.74) is 3.25. The molecular weight excluding hydrogens is 518 g/mol. The molecule has 11 heteroatoms. The number of hydrogen-bond acceptors (Lipinski definition) is 9. The molecule has 2 aliphatic rings. The normalized spacial score (nSPS) is 17.7. The molecule has 3 heterocycles. The molecule has 10 nitrogen and oxygen atoms in total. The minimum absolute atomic E-state index is 0.0235. The maximum absolute atomic E-state index is 12.3. The molecule has 1 aromatic heterocycles. The summed E-state index contributed by atoms with van der Waals surface area (Å²) < 4.78 is 5.75. The number of amides is 1. The van der Waals surface area contributed by atoms with E-state index >= 15 is 0 Å². The lowest BCUT2D eigenvalue weighted by atomic mass is 10.0. The number of rotatable bonds is 8. The van der Waals surface area contributed by atoms with Crippen LogP contribution in [0.3, 0.4) is 0 Å². The Labute approximate surface area is 233 Å². The van der Waals surface area contributed by atoms with Gasteiger partial charge in [0.15, 0.2) is 5.82 Å². The number of methoxy groups -OCH3 is 1. The zero-order valence-corrected chi connectivity index (χ0v) is 22.8. The van der Waals surface area contributed by atoms with E-state index in [4.69, 9.17) is 21.2 Å². The van der Waals surface area contributed by atoms with Crippen molar-refractivity contribution in [3.63, 3.8) is 0 Å². The number of benzene rings is 2. The van der Waals surface area contributed by atoms with Crippen LogP contribution in [0.1, 0.15) is 18.0 Å². The van der Waals surface area contributed by atoms with Gasteiger partial charge in [0.1, 0.15) is 17.9 Å². The van der Waals surface area contributed by atoms with Gasteiger partial charge in [-0.1, -0.05) is 30.3 Å². The summed E-state index contributed by atoms with van der Waals surface area (Å²) >= 11 is 6.24. The summed E-state index contributed by atoms with van der Waals surface area (Å²) in [6, 6.07) is 13.4. The van der Waals surface area contributed by atoms with Crippen molar-refractivity contribution in [1.82, 2.24) is 14.9 Å². The van der Waals surface area contributed by atoms with Gasteiger partial charge in [-0.05, 0) is 36.9 Å². The predicted octanol–water partition coefficient (Wildman–Crippen LogP) is 4.64. The monoisotopic (exact) mass is 549 g/mol. The van der Waals surface area contributed by atoms with Gasteiger partial charge in [-0.3, -0.25) is 9.63 Å². The Balaban J connectivity index is 1.44. The molecule has 0 spiro atoms. The van der Waals surface area contributed by atoms with Crippen LogP contribution in [0.5, 0.6) is 5.75 Å². The van der Waals surface area contributed by atoms with Crippen LogP contribution in [0.25, 0.3) is 0 Å². The Hall–Kier alpha value is -3.86. The van der Waals surface area contributed by atoms with Crippen LogP contribution in [0.2, 0.25) is 5.02 Å². The highest BCUT2D eigenvalue weighted by molar-refractivity contribution is 6.30. The van der Waals surface area contributed by atoms with Crippen LogP contribution in [0.15, 0.2) is 61.4 Å². The van der Waals surface area contributed by atoms with Crippen LogP contribution in [-0.2, 0) is 9.63 Å². The fourth-order valence-corrected chi connectivity index (χ4v) is 5.01. The summed E-state index contributed by atoms with van der Waals surface area (Å²) in [6.07, 6.45) is 3.55. The first-order valence-electron chi connectivity index (χ1n) is 12.8. The highest BCUT2D eigenvalue weighted by atomic mass is 35.5. The fourth-order valence-electron chi connectivity index (χ4n) is 4.81. The number of ether oxygens (including phenoxy) is 1. The Morgan fingerprint density at radius 2 is 1.97 bits per heavy atom. The Morgan fingerprint density at radius 1 is 1.15 bits per heavy atom. The molecule has 3 aromatic rings. The van der Waals surface area contributed by atoms with Gasteiger partial charge in [0.25, 0.3) is 0 Å². The van der Waals surface area contributed by atoms with Crippen molar-refractivity contribution in [1.29, 1.82) is 0 Å². The van der Waals surface area contributed by atoms with E-state index < -0.39 is 0 Å². The lowest BCUT2D eigenvalue weighted by Crippen LogP contribution is -2.44. The number of carbonyl (C=O) groups is 1. The molecule has 0 saturated carbocycles. The third-order valence-corrected chi connectivity index (χ3v) is 7.12. The summed E-state index contributed by atoms with van der Waals surface area (Å²) in [5, 5.41) is 8.76. The number of piperazine rings is 1. The van der Waals surface area contributed by atoms with Crippen LogP contribution < -0.4 is 25.3 Å². The van der Waals surface area contributed by atoms with Crippen molar-refractivity contribution in [3.05, 3.63) is 72.0 Å². The highest BCUT2D eigenvalue weighted by Crippen LogP contribution is 2.40. The van der Waals surface area contributed by atoms with Gasteiger partial charge < -0.3 is 25.2 Å². The van der Waals surface area contributed by atoms with E-state index in [0.29, 0.717) is 40.4 Å². The second kappa shape index (κ2) is 11.9. The fraction of sp³-hybridized carbons (Fsp3) is 0.321. The van der Waals surface area contributed by atoms with E-state index in [1.165, 1.54) is 12.4 Å². The van der Waals surface area contributed by atoms with Gasteiger partial charge in [0.05, 0.1) is 36.8 Å². The molecule has 2 aromatic carbocycles. The first-order chi connectivity index (χ1) is 18.9. The maximum atomic E-state index is 12.3. The predicted molar refractivity (Wildman–Crippen MR) is 154 cm³/mol. The average molecular weight is 550 g/mol. The molecule has 2 fully saturated rings. The minimum atomic E-state index is -0.288. The number of halogens is 1. The van der Waals surface area contributed by atoms with Gasteiger partial charge in [-0.2, -0.15) is 0 Å². The molecule has 2 N–H and O–H groups in total. The van der Waals surface area contributed by atoms with E-state index in [0.717, 1.165) is 43.9 Å². The van der Waals surface area contributed by atoms with Gasteiger partial charge in [0.2, 0.25) is 5.91 Å². The molecule has 1 amide bonds. The first kappa shape index (κ1) is 26.7. The summed E-state index contributed by atoms with van der Waals surface area (Å²) in [4.78, 5) is 31.6. The number of likely N-dealkylation sites (N-methyl/N-ethyl adjacent to an activating group) is 1. The molecule has 0 unspecified atom stereocenters. The largest absolute Gasteiger partial charge is 0.494 e. The molecule has 2 aliphatic heterocycles. The van der Waals surface area contributed by atoms with E-state index in [1.54, 1.807) is 12.2 Å². The number of nitrogens with zero attached hydrogens (tertiary/aromatic N) is 5. The Morgan fingerprint density at radius 3 is 2.72 bits per heavy atom. The minimum Gasteiger partial charge on any atom is -0.494 e. The van der Waals surface area contributed by atoms with Crippen LogP contribution in [-0.4, -0.2) is 67.7 Å². The second-order valence-corrected chi connectivity index (χ2v) is 9.89. The van der Waals surface area contributed by atoms with Crippen molar-refractivity contribution < 1.29 is 14.4 Å². The van der Waals surface area contributed by atoms with Crippen LogP contribution in [0.4, 0.5) is 28.7 Å². The topological polar surface area (TPSA) is 95.1 Å². The zero-order valence-electron chi connectivity index (χ0n) is 22.1. The van der Waals surface area contributed by atoms with Gasteiger partial charge >= 0.3 is 0 Å². The summed E-state index contributed by atoms with van der Waals surface area (Å²) in [6.45, 7) is 7.69. The van der Waals surface area contributed by atoms with Crippen molar-refractivity contribution in [2.75, 3.05) is 67.5 Å². The van der Waals surface area contributed by atoms with Crippen LogP contribution in [0, 0.1) is 0 Å². The second-order valence-electron chi connectivity index (χ2n) is 9.46. The van der Waals surface area contributed by atoms with Gasteiger partial charge in [0, 0.05) is 49.8 Å². The van der Waals surface area contributed by atoms with E-state index in [1.807, 2.05) is 42.5 Å². The zero-order chi connectivity index (χ0) is 27.4. The lowest BCUT2D eigenvalue weighted by molar-refractivity contribution is -0.111. The number of hydrogen-bond donors (Lipinski definition) is 2. The van der Waals surface area contributed by atoms with E-state index in [-0.39, 0.29) is 11.9 Å². The van der Waals surface area contributed by atoms with Crippen LogP contribution >= 0.6 is 11.6 Å². The highest BCUT2D eigenvalue weighted by Gasteiger charge is 2.29. The smallest absolute Gasteiger partial charge is 0.247 e. The number of anilines is 5. The molecular formula is C28H32ClN7O3. The van der Waals surface area contributed by atoms with Gasteiger partial charge in [-0.15, -0.1) is 0 Å². The molecule has 0 aliphatic carbocycles. The number of hydroxylamine groups is 1. The molecule has 204 valence electrons. The molecule has 1 atom stereocenters. The SMILES string of the molecule is C=CC(=O)Nc1cc(Nc2cc(N3OCC[C@@H]3c3cccc(Cl)c3)ncn2)c(OC)cc1N1CCN(C)CC1. The molecule has 5 rings (SSSR count). The van der Waals surface area contributed by atoms with Crippen molar-refractivity contribution in [2.45, 2.75) is 12.5 Å². The number of carbonyl (C=O) groups excluding carboxylic acids is 1. The third kappa shape index (κ3) is 6.08. The quantitative estimate of drug-likeness (QED) is 0.389.